The third-order valence-corrected chi connectivity index (χ3v) is 6.39. The van der Waals surface area contributed by atoms with Gasteiger partial charge < -0.3 is 35.2 Å². The van der Waals surface area contributed by atoms with E-state index in [-0.39, 0.29) is 24.8 Å². The Labute approximate surface area is 227 Å². The van der Waals surface area contributed by atoms with Crippen molar-refractivity contribution in [2.75, 3.05) is 19.4 Å². The first-order chi connectivity index (χ1) is 18.5. The lowest BCUT2D eigenvalue weighted by Crippen LogP contribution is -2.54. The number of alkyl carbamates (subject to hydrolysis) is 1. The summed E-state index contributed by atoms with van der Waals surface area (Å²) in [4.78, 5) is 45.1. The molecule has 1 aliphatic rings. The second-order valence-corrected chi connectivity index (χ2v) is 10.5. The summed E-state index contributed by atoms with van der Waals surface area (Å²) in [5.74, 6) is 0.908. The summed E-state index contributed by atoms with van der Waals surface area (Å²) >= 11 is 0. The highest BCUT2D eigenvalue weighted by Crippen LogP contribution is 2.24. The number of nitrogens with zero attached hydrogens (tertiary/aromatic N) is 2. The highest BCUT2D eigenvalue weighted by Gasteiger charge is 2.38. The summed E-state index contributed by atoms with van der Waals surface area (Å²) in [6.07, 6.45) is 2.25. The van der Waals surface area contributed by atoms with Crippen LogP contribution in [0.1, 0.15) is 44.9 Å². The Hall–Kier alpha value is -4.28. The van der Waals surface area contributed by atoms with E-state index in [2.05, 4.69) is 15.6 Å². The van der Waals surface area contributed by atoms with Crippen LogP contribution in [-0.2, 0) is 27.3 Å². The number of likely N-dealkylation sites (tertiary alicyclic amines) is 1. The summed E-state index contributed by atoms with van der Waals surface area (Å²) in [7, 11) is 1.57. The molecular weight excluding hydrogens is 502 g/mol. The molecule has 0 spiro atoms. The molecule has 0 saturated carbocycles. The van der Waals surface area contributed by atoms with Crippen molar-refractivity contribution in [1.82, 2.24) is 20.5 Å². The van der Waals surface area contributed by atoms with Crippen LogP contribution in [0.25, 0.3) is 11.0 Å². The molecule has 1 aromatic carbocycles. The van der Waals surface area contributed by atoms with Crippen molar-refractivity contribution in [3.63, 3.8) is 0 Å². The standard InChI is InChI=1S/C28H35N5O6/c1-28(2,3)39-27(36)32-21(14-17-7-9-18(37-4)10-8-17)26(35)33-13-5-6-22(33)25(34)31-16-19-15-20-23(38-19)11-12-30-24(20)29/h7-12,15,21-22H,5-6,13-14,16H2,1-4H3,(H2,29,30)(H,31,34)(H,32,36). The molecule has 3 aromatic rings. The van der Waals surface area contributed by atoms with Gasteiger partial charge in [0.15, 0.2) is 0 Å². The van der Waals surface area contributed by atoms with Crippen LogP contribution in [0.4, 0.5) is 10.6 Å². The van der Waals surface area contributed by atoms with Crippen molar-refractivity contribution in [2.45, 2.75) is 64.3 Å². The predicted octanol–water partition coefficient (Wildman–Crippen LogP) is 3.16. The van der Waals surface area contributed by atoms with Crippen LogP contribution in [0.2, 0.25) is 0 Å². The fourth-order valence-corrected chi connectivity index (χ4v) is 4.57. The molecule has 2 atom stereocenters. The van der Waals surface area contributed by atoms with E-state index in [0.29, 0.717) is 47.7 Å². The van der Waals surface area contributed by atoms with E-state index < -0.39 is 23.8 Å². The number of carbonyl (C=O) groups excluding carboxylic acids is 3. The van der Waals surface area contributed by atoms with E-state index in [1.807, 2.05) is 12.1 Å². The minimum absolute atomic E-state index is 0.136. The number of amides is 3. The number of pyridine rings is 1. The molecule has 0 aliphatic carbocycles. The molecule has 208 valence electrons. The average molecular weight is 538 g/mol. The topological polar surface area (TPSA) is 149 Å². The molecule has 1 aliphatic heterocycles. The number of methoxy groups -OCH3 is 1. The van der Waals surface area contributed by atoms with Crippen molar-refractivity contribution in [3.8, 4) is 5.75 Å². The summed E-state index contributed by atoms with van der Waals surface area (Å²) in [5, 5.41) is 6.26. The maximum Gasteiger partial charge on any atom is 0.408 e. The van der Waals surface area contributed by atoms with Gasteiger partial charge in [0.1, 0.15) is 40.6 Å². The van der Waals surface area contributed by atoms with Crippen LogP contribution in [0, 0.1) is 0 Å². The van der Waals surface area contributed by atoms with E-state index in [4.69, 9.17) is 19.6 Å². The van der Waals surface area contributed by atoms with Gasteiger partial charge in [-0.15, -0.1) is 0 Å². The molecule has 2 aromatic heterocycles. The van der Waals surface area contributed by atoms with Crippen molar-refractivity contribution in [3.05, 3.63) is 53.9 Å². The molecule has 11 nitrogen and oxygen atoms in total. The Bertz CT molecular complexity index is 1330. The number of furan rings is 1. The lowest BCUT2D eigenvalue weighted by Gasteiger charge is -2.29. The van der Waals surface area contributed by atoms with Crippen LogP contribution in [0.3, 0.4) is 0 Å². The van der Waals surface area contributed by atoms with E-state index in [9.17, 15) is 14.4 Å². The Morgan fingerprint density at radius 3 is 2.62 bits per heavy atom. The van der Waals surface area contributed by atoms with Gasteiger partial charge in [-0.1, -0.05) is 12.1 Å². The van der Waals surface area contributed by atoms with Crippen molar-refractivity contribution < 1.29 is 28.3 Å². The number of hydrogen-bond donors (Lipinski definition) is 3. The molecule has 4 N–H and O–H groups in total. The Morgan fingerprint density at radius 1 is 1.21 bits per heavy atom. The van der Waals surface area contributed by atoms with Crippen LogP contribution < -0.4 is 21.1 Å². The molecule has 1 fully saturated rings. The number of carbonyl (C=O) groups is 3. The third kappa shape index (κ3) is 6.98. The van der Waals surface area contributed by atoms with Crippen LogP contribution in [-0.4, -0.2) is 59.1 Å². The molecule has 0 radical (unpaired) electrons. The maximum atomic E-state index is 13.7. The fraction of sp³-hybridized carbons (Fsp3) is 0.429. The van der Waals surface area contributed by atoms with Crippen molar-refractivity contribution >= 4 is 34.7 Å². The highest BCUT2D eigenvalue weighted by molar-refractivity contribution is 5.92. The summed E-state index contributed by atoms with van der Waals surface area (Å²) < 4.78 is 16.4. The van der Waals surface area contributed by atoms with Gasteiger partial charge in [0, 0.05) is 19.2 Å². The molecule has 3 amide bonds. The van der Waals surface area contributed by atoms with Crippen molar-refractivity contribution in [2.24, 2.45) is 0 Å². The smallest absolute Gasteiger partial charge is 0.408 e. The van der Waals surface area contributed by atoms with E-state index in [1.165, 1.54) is 4.90 Å². The minimum Gasteiger partial charge on any atom is -0.497 e. The molecular formula is C28H35N5O6. The Morgan fingerprint density at radius 2 is 1.95 bits per heavy atom. The van der Waals surface area contributed by atoms with Gasteiger partial charge in [0.05, 0.1) is 19.0 Å². The number of aromatic nitrogens is 1. The van der Waals surface area contributed by atoms with Crippen LogP contribution >= 0.6 is 0 Å². The van der Waals surface area contributed by atoms with Gasteiger partial charge in [0.25, 0.3) is 0 Å². The lowest BCUT2D eigenvalue weighted by atomic mass is 10.0. The zero-order valence-corrected chi connectivity index (χ0v) is 22.7. The second-order valence-electron chi connectivity index (χ2n) is 10.5. The van der Waals surface area contributed by atoms with Gasteiger partial charge in [-0.25, -0.2) is 9.78 Å². The fourth-order valence-electron chi connectivity index (χ4n) is 4.57. The normalized spacial score (nSPS) is 16.1. The molecule has 3 heterocycles. The Kier molecular flexibility index (Phi) is 8.27. The first kappa shape index (κ1) is 27.7. The average Bonchev–Trinajstić information content (AvgIpc) is 3.54. The molecule has 4 rings (SSSR count). The summed E-state index contributed by atoms with van der Waals surface area (Å²) in [6.45, 7) is 5.79. The number of anilines is 1. The third-order valence-electron chi connectivity index (χ3n) is 6.39. The quantitative estimate of drug-likeness (QED) is 0.397. The molecule has 39 heavy (non-hydrogen) atoms. The number of nitrogens with two attached hydrogens (primary N) is 1. The van der Waals surface area contributed by atoms with Gasteiger partial charge in [0.2, 0.25) is 11.8 Å². The molecule has 1 saturated heterocycles. The first-order valence-electron chi connectivity index (χ1n) is 12.9. The Balaban J connectivity index is 1.46. The van der Waals surface area contributed by atoms with E-state index in [1.54, 1.807) is 58.3 Å². The number of ether oxygens (including phenoxy) is 2. The molecule has 0 bridgehead atoms. The van der Waals surface area contributed by atoms with Gasteiger partial charge in [-0.3, -0.25) is 9.59 Å². The van der Waals surface area contributed by atoms with Gasteiger partial charge in [-0.05, 0) is 63.4 Å². The van der Waals surface area contributed by atoms with Gasteiger partial charge in [-0.2, -0.15) is 0 Å². The maximum absolute atomic E-state index is 13.7. The van der Waals surface area contributed by atoms with Crippen LogP contribution in [0.5, 0.6) is 5.75 Å². The number of hydrogen-bond acceptors (Lipinski definition) is 8. The number of benzene rings is 1. The molecule has 11 heteroatoms. The minimum atomic E-state index is -0.924. The monoisotopic (exact) mass is 537 g/mol. The first-order valence-corrected chi connectivity index (χ1v) is 12.9. The van der Waals surface area contributed by atoms with Crippen molar-refractivity contribution in [1.29, 1.82) is 0 Å². The lowest BCUT2D eigenvalue weighted by molar-refractivity contribution is -0.140. The van der Waals surface area contributed by atoms with E-state index >= 15 is 0 Å². The van der Waals surface area contributed by atoms with Crippen LogP contribution in [0.15, 0.2) is 47.0 Å². The number of nitrogen functional groups attached to an aromatic ring is 1. The number of fused-ring (bicyclic) bond motifs is 1. The SMILES string of the molecule is COc1ccc(CC(NC(=O)OC(C)(C)C)C(=O)N2CCCC2C(=O)NCc2cc3c(N)nccc3o2)cc1. The highest BCUT2D eigenvalue weighted by atomic mass is 16.6. The zero-order chi connectivity index (χ0) is 28.2. The van der Waals surface area contributed by atoms with E-state index in [0.717, 1.165) is 5.56 Å². The summed E-state index contributed by atoms with van der Waals surface area (Å²) in [6, 6.07) is 9.09. The zero-order valence-electron chi connectivity index (χ0n) is 22.7. The largest absolute Gasteiger partial charge is 0.497 e. The number of rotatable bonds is 8. The number of nitrogens with one attached hydrogen (secondary N) is 2. The van der Waals surface area contributed by atoms with Gasteiger partial charge >= 0.3 is 6.09 Å². The summed E-state index contributed by atoms with van der Waals surface area (Å²) in [5.41, 5.74) is 6.57. The molecule has 2 unspecified atom stereocenters. The second kappa shape index (κ2) is 11.6. The predicted molar refractivity (Wildman–Crippen MR) is 145 cm³/mol.